The molecule has 1 aliphatic carbocycles. The molecule has 0 aromatic carbocycles. The number of hydrogen-bond donors (Lipinski definition) is 0. The van der Waals surface area contributed by atoms with Crippen LogP contribution in [0.25, 0.3) is 5.65 Å². The molecule has 2 atom stereocenters. The number of aryl methyl sites for hydroxylation is 1. The predicted molar refractivity (Wildman–Crippen MR) is 123 cm³/mol. The topological polar surface area (TPSA) is 39.9 Å². The van der Waals surface area contributed by atoms with E-state index >= 15 is 0 Å². The molecule has 0 amide bonds. The van der Waals surface area contributed by atoms with E-state index in [1.807, 2.05) is 6.20 Å². The van der Waals surface area contributed by atoms with Gasteiger partial charge in [-0.15, -0.1) is 0 Å². The number of aromatic nitrogens is 3. The van der Waals surface area contributed by atoms with Crippen LogP contribution in [-0.4, -0.2) is 63.4 Å². The van der Waals surface area contributed by atoms with Crippen LogP contribution < -0.4 is 4.90 Å². The Kier molecular flexibility index (Phi) is 4.92. The first-order valence-corrected chi connectivity index (χ1v) is 11.9. The van der Waals surface area contributed by atoms with Gasteiger partial charge in [0.05, 0.1) is 17.4 Å². The zero-order valence-electron chi connectivity index (χ0n) is 18.5. The second-order valence-corrected chi connectivity index (χ2v) is 9.49. The molecular formula is C25H32N6. The Morgan fingerprint density at radius 1 is 1.06 bits per heavy atom. The van der Waals surface area contributed by atoms with Gasteiger partial charge in [0, 0.05) is 44.6 Å². The smallest absolute Gasteiger partial charge is 0.138 e. The van der Waals surface area contributed by atoms with E-state index in [9.17, 15) is 0 Å². The van der Waals surface area contributed by atoms with Gasteiger partial charge in [-0.1, -0.05) is 12.1 Å². The predicted octanol–water partition coefficient (Wildman–Crippen LogP) is 3.52. The van der Waals surface area contributed by atoms with Crippen molar-refractivity contribution in [3.63, 3.8) is 0 Å². The van der Waals surface area contributed by atoms with Crippen molar-refractivity contribution >= 4 is 11.5 Å². The van der Waals surface area contributed by atoms with Gasteiger partial charge in [-0.2, -0.15) is 0 Å². The average molecular weight is 417 g/mol. The van der Waals surface area contributed by atoms with Crippen molar-refractivity contribution in [3.05, 3.63) is 59.7 Å². The highest BCUT2D eigenvalue weighted by atomic mass is 15.3. The first-order valence-electron chi connectivity index (χ1n) is 11.9. The van der Waals surface area contributed by atoms with Gasteiger partial charge >= 0.3 is 0 Å². The van der Waals surface area contributed by atoms with E-state index in [-0.39, 0.29) is 0 Å². The summed E-state index contributed by atoms with van der Waals surface area (Å²) in [7, 11) is 2.22. The Labute approximate surface area is 184 Å². The van der Waals surface area contributed by atoms with Crippen LogP contribution in [0.4, 0.5) is 5.82 Å². The number of anilines is 1. The normalized spacial score (nSPS) is 24.0. The van der Waals surface area contributed by atoms with Crippen molar-refractivity contribution in [1.29, 1.82) is 0 Å². The van der Waals surface area contributed by atoms with Crippen molar-refractivity contribution in [2.24, 2.45) is 0 Å². The van der Waals surface area contributed by atoms with Crippen LogP contribution in [0.2, 0.25) is 0 Å². The Bertz CT molecular complexity index is 1070. The molecule has 2 aliphatic heterocycles. The summed E-state index contributed by atoms with van der Waals surface area (Å²) < 4.78 is 2.31. The number of imidazole rings is 1. The maximum Gasteiger partial charge on any atom is 0.138 e. The lowest BCUT2D eigenvalue weighted by atomic mass is 9.91. The number of hydrogen-bond acceptors (Lipinski definition) is 5. The molecule has 6 nitrogen and oxygen atoms in total. The molecule has 3 aromatic heterocycles. The Balaban J connectivity index is 1.24. The summed E-state index contributed by atoms with van der Waals surface area (Å²) in [6.07, 6.45) is 10.4. The zero-order chi connectivity index (χ0) is 20.8. The van der Waals surface area contributed by atoms with Gasteiger partial charge in [0.1, 0.15) is 11.5 Å². The summed E-state index contributed by atoms with van der Waals surface area (Å²) in [5.74, 6) is 1.29. The van der Waals surface area contributed by atoms with Gasteiger partial charge in [-0.25, -0.2) is 4.98 Å². The third kappa shape index (κ3) is 3.52. The molecule has 0 radical (unpaired) electrons. The monoisotopic (exact) mass is 416 g/mol. The quantitative estimate of drug-likeness (QED) is 0.651. The molecule has 0 spiro atoms. The molecule has 3 aliphatic rings. The summed E-state index contributed by atoms with van der Waals surface area (Å²) in [5.41, 5.74) is 4.86. The number of pyridine rings is 2. The SMILES string of the molecule is CN(Cc1cn2c(N3CCN4CCCC4C3)cccc2n1)[C@H]1CCCc2cccnc21. The fraction of sp³-hybridized carbons (Fsp3) is 0.520. The molecule has 162 valence electrons. The second-order valence-electron chi connectivity index (χ2n) is 9.49. The van der Waals surface area contributed by atoms with E-state index in [0.29, 0.717) is 6.04 Å². The van der Waals surface area contributed by atoms with Crippen molar-refractivity contribution in [3.8, 4) is 0 Å². The molecule has 31 heavy (non-hydrogen) atoms. The molecule has 2 fully saturated rings. The number of fused-ring (bicyclic) bond motifs is 3. The molecule has 0 N–H and O–H groups in total. The fourth-order valence-corrected chi connectivity index (χ4v) is 5.96. The Morgan fingerprint density at radius 2 is 2.03 bits per heavy atom. The van der Waals surface area contributed by atoms with E-state index in [2.05, 4.69) is 62.7 Å². The summed E-state index contributed by atoms with van der Waals surface area (Å²) in [5, 5.41) is 0. The third-order valence-electron chi connectivity index (χ3n) is 7.54. The van der Waals surface area contributed by atoms with E-state index in [4.69, 9.17) is 9.97 Å². The van der Waals surface area contributed by atoms with E-state index in [0.717, 1.165) is 43.4 Å². The number of rotatable bonds is 4. The Hall–Kier alpha value is -2.44. The molecule has 6 heteroatoms. The van der Waals surface area contributed by atoms with Gasteiger partial charge in [0.2, 0.25) is 0 Å². The van der Waals surface area contributed by atoms with Gasteiger partial charge in [-0.05, 0) is 69.5 Å². The van der Waals surface area contributed by atoms with Gasteiger partial charge in [-0.3, -0.25) is 19.2 Å². The van der Waals surface area contributed by atoms with E-state index < -0.39 is 0 Å². The molecule has 1 unspecified atom stereocenters. The van der Waals surface area contributed by atoms with E-state index in [1.165, 1.54) is 55.8 Å². The second kappa shape index (κ2) is 7.92. The van der Waals surface area contributed by atoms with Crippen LogP contribution in [0.5, 0.6) is 0 Å². The van der Waals surface area contributed by atoms with Crippen molar-refractivity contribution in [2.45, 2.75) is 50.7 Å². The lowest BCUT2D eigenvalue weighted by molar-refractivity contribution is 0.206. The summed E-state index contributed by atoms with van der Waals surface area (Å²) in [6.45, 7) is 5.55. The lowest BCUT2D eigenvalue weighted by Gasteiger charge is -2.38. The standard InChI is InChI=1S/C25H32N6/c1-28(22-9-2-6-19-7-4-12-26-25(19)22)16-20-17-31-23(27-20)10-3-11-24(31)30-15-14-29-13-5-8-21(29)18-30/h3-4,7,10-12,17,21-22H,2,5-6,8-9,13-16,18H2,1H3/t21?,22-/m0/s1. The summed E-state index contributed by atoms with van der Waals surface area (Å²) >= 11 is 0. The molecule has 3 aromatic rings. The van der Waals surface area contributed by atoms with Gasteiger partial charge < -0.3 is 4.90 Å². The maximum absolute atomic E-state index is 4.99. The Morgan fingerprint density at radius 3 is 3.00 bits per heavy atom. The highest BCUT2D eigenvalue weighted by Gasteiger charge is 2.31. The van der Waals surface area contributed by atoms with Crippen LogP contribution in [-0.2, 0) is 13.0 Å². The molecule has 6 rings (SSSR count). The minimum absolute atomic E-state index is 0.379. The summed E-state index contributed by atoms with van der Waals surface area (Å²) in [4.78, 5) is 17.4. The zero-order valence-corrected chi connectivity index (χ0v) is 18.5. The maximum atomic E-state index is 4.99. The molecule has 0 saturated carbocycles. The van der Waals surface area contributed by atoms with Crippen LogP contribution in [0.1, 0.15) is 48.7 Å². The molecule has 2 saturated heterocycles. The largest absolute Gasteiger partial charge is 0.355 e. The van der Waals surface area contributed by atoms with Crippen LogP contribution in [0.15, 0.2) is 42.7 Å². The third-order valence-corrected chi connectivity index (χ3v) is 7.54. The first-order chi connectivity index (χ1) is 15.3. The minimum Gasteiger partial charge on any atom is -0.355 e. The van der Waals surface area contributed by atoms with E-state index in [1.54, 1.807) is 0 Å². The van der Waals surface area contributed by atoms with Crippen molar-refractivity contribution < 1.29 is 0 Å². The van der Waals surface area contributed by atoms with Crippen LogP contribution >= 0.6 is 0 Å². The average Bonchev–Trinajstić information content (AvgIpc) is 3.44. The lowest BCUT2D eigenvalue weighted by Crippen LogP contribution is -2.50. The highest BCUT2D eigenvalue weighted by Crippen LogP contribution is 2.33. The molecule has 0 bridgehead atoms. The van der Waals surface area contributed by atoms with Crippen molar-refractivity contribution in [1.82, 2.24) is 24.2 Å². The first kappa shape index (κ1) is 19.3. The molecule has 5 heterocycles. The van der Waals surface area contributed by atoms with Gasteiger partial charge in [0.15, 0.2) is 0 Å². The molecular weight excluding hydrogens is 384 g/mol. The summed E-state index contributed by atoms with van der Waals surface area (Å²) in [6, 6.07) is 12.0. The van der Waals surface area contributed by atoms with Gasteiger partial charge in [0.25, 0.3) is 0 Å². The minimum atomic E-state index is 0.379. The van der Waals surface area contributed by atoms with Crippen molar-refractivity contribution in [2.75, 3.05) is 38.1 Å². The fourth-order valence-electron chi connectivity index (χ4n) is 5.96. The van der Waals surface area contributed by atoms with Crippen LogP contribution in [0, 0.1) is 0 Å². The van der Waals surface area contributed by atoms with Crippen LogP contribution in [0.3, 0.4) is 0 Å². The number of piperazine rings is 1. The highest BCUT2D eigenvalue weighted by molar-refractivity contribution is 5.53. The number of nitrogens with zero attached hydrogens (tertiary/aromatic N) is 6.